The van der Waals surface area contributed by atoms with Gasteiger partial charge in [-0.1, -0.05) is 6.92 Å². The molecule has 1 aliphatic heterocycles. The second kappa shape index (κ2) is 6.34. The van der Waals surface area contributed by atoms with Gasteiger partial charge in [0, 0.05) is 25.5 Å². The van der Waals surface area contributed by atoms with Crippen molar-refractivity contribution in [1.29, 1.82) is 0 Å². The Bertz CT molecular complexity index is 576. The number of nitrogens with one attached hydrogen (secondary N) is 1. The Kier molecular flexibility index (Phi) is 4.68. The van der Waals surface area contributed by atoms with Crippen molar-refractivity contribution in [2.24, 2.45) is 5.41 Å². The van der Waals surface area contributed by atoms with Gasteiger partial charge in [-0.15, -0.1) is 0 Å². The van der Waals surface area contributed by atoms with Gasteiger partial charge in [0.25, 0.3) is 0 Å². The van der Waals surface area contributed by atoms with Gasteiger partial charge >= 0.3 is 12.0 Å². The number of carbonyl (C=O) groups excluding carboxylic acids is 1. The summed E-state index contributed by atoms with van der Waals surface area (Å²) < 4.78 is 0. The number of amides is 2. The molecule has 0 saturated carbocycles. The molecule has 1 aromatic heterocycles. The lowest BCUT2D eigenvalue weighted by molar-refractivity contribution is -0.146. The zero-order chi connectivity index (χ0) is 16.3. The van der Waals surface area contributed by atoms with E-state index in [1.54, 1.807) is 18.0 Å². The van der Waals surface area contributed by atoms with E-state index in [4.69, 9.17) is 0 Å². The van der Waals surface area contributed by atoms with Crippen LogP contribution in [-0.4, -0.2) is 40.1 Å². The molecule has 22 heavy (non-hydrogen) atoms. The highest BCUT2D eigenvalue weighted by atomic mass is 16.4. The van der Waals surface area contributed by atoms with Crippen LogP contribution in [0.1, 0.15) is 44.4 Å². The second-order valence-electron chi connectivity index (χ2n) is 6.14. The largest absolute Gasteiger partial charge is 0.481 e. The summed E-state index contributed by atoms with van der Waals surface area (Å²) in [5, 5.41) is 12.2. The van der Waals surface area contributed by atoms with Crippen LogP contribution >= 0.6 is 0 Å². The summed E-state index contributed by atoms with van der Waals surface area (Å²) >= 11 is 0. The molecular formula is C16H23N3O3. The lowest BCUT2D eigenvalue weighted by Gasteiger charge is -2.23. The van der Waals surface area contributed by atoms with Gasteiger partial charge in [0.1, 0.15) is 0 Å². The molecule has 2 unspecified atom stereocenters. The van der Waals surface area contributed by atoms with Crippen molar-refractivity contribution >= 4 is 12.0 Å². The van der Waals surface area contributed by atoms with Gasteiger partial charge in [0.15, 0.2) is 0 Å². The van der Waals surface area contributed by atoms with E-state index >= 15 is 0 Å². The average Bonchev–Trinajstić information content (AvgIpc) is 2.91. The highest BCUT2D eigenvalue weighted by molar-refractivity contribution is 5.79. The van der Waals surface area contributed by atoms with Gasteiger partial charge in [0.2, 0.25) is 0 Å². The van der Waals surface area contributed by atoms with Crippen LogP contribution in [0.5, 0.6) is 0 Å². The Balaban J connectivity index is 2.02. The van der Waals surface area contributed by atoms with E-state index in [0.29, 0.717) is 13.0 Å². The van der Waals surface area contributed by atoms with Crippen molar-refractivity contribution in [1.82, 2.24) is 15.2 Å². The van der Waals surface area contributed by atoms with Crippen LogP contribution in [0, 0.1) is 5.41 Å². The zero-order valence-corrected chi connectivity index (χ0v) is 13.3. The van der Waals surface area contributed by atoms with Crippen LogP contribution in [-0.2, 0) is 11.2 Å². The van der Waals surface area contributed by atoms with Gasteiger partial charge in [-0.2, -0.15) is 0 Å². The average molecular weight is 305 g/mol. The predicted octanol–water partition coefficient (Wildman–Crippen LogP) is 2.21. The van der Waals surface area contributed by atoms with Crippen molar-refractivity contribution in [2.75, 3.05) is 13.1 Å². The van der Waals surface area contributed by atoms with Crippen molar-refractivity contribution in [3.63, 3.8) is 0 Å². The Morgan fingerprint density at radius 1 is 1.55 bits per heavy atom. The standard InChI is InChI=1S/C16H23N3O3/c1-4-12-9-17-7-5-13(12)11(2)18-15(22)19-8-6-16(3,10-19)14(20)21/h5,7,9,11H,4,6,8,10H2,1-3H3,(H,18,22)(H,20,21). The molecule has 1 saturated heterocycles. The lowest BCUT2D eigenvalue weighted by atomic mass is 9.90. The van der Waals surface area contributed by atoms with Crippen LogP contribution in [0.4, 0.5) is 4.79 Å². The summed E-state index contributed by atoms with van der Waals surface area (Å²) in [4.78, 5) is 29.3. The predicted molar refractivity (Wildman–Crippen MR) is 82.5 cm³/mol. The SMILES string of the molecule is CCc1cnccc1C(C)NC(=O)N1CCC(C)(C(=O)O)C1. The summed E-state index contributed by atoms with van der Waals surface area (Å²) in [5.41, 5.74) is 1.31. The fourth-order valence-electron chi connectivity index (χ4n) is 2.82. The molecular weight excluding hydrogens is 282 g/mol. The first-order valence-corrected chi connectivity index (χ1v) is 7.59. The van der Waals surface area contributed by atoms with E-state index in [-0.39, 0.29) is 18.6 Å². The smallest absolute Gasteiger partial charge is 0.317 e. The summed E-state index contributed by atoms with van der Waals surface area (Å²) in [6, 6.07) is 1.56. The molecule has 1 fully saturated rings. The number of carboxylic acid groups (broad SMARTS) is 1. The first-order chi connectivity index (χ1) is 10.4. The minimum atomic E-state index is -0.849. The van der Waals surface area contributed by atoms with Crippen LogP contribution in [0.2, 0.25) is 0 Å². The molecule has 6 nitrogen and oxygen atoms in total. The number of aryl methyl sites for hydroxylation is 1. The molecule has 1 aromatic rings. The van der Waals surface area contributed by atoms with Gasteiger partial charge in [-0.3, -0.25) is 9.78 Å². The van der Waals surface area contributed by atoms with Gasteiger partial charge in [-0.05, 0) is 43.9 Å². The fourth-order valence-corrected chi connectivity index (χ4v) is 2.82. The third-order valence-corrected chi connectivity index (χ3v) is 4.41. The Labute approximate surface area is 130 Å². The monoisotopic (exact) mass is 305 g/mol. The first-order valence-electron chi connectivity index (χ1n) is 7.59. The van der Waals surface area contributed by atoms with Crippen LogP contribution in [0.15, 0.2) is 18.5 Å². The molecule has 2 heterocycles. The highest BCUT2D eigenvalue weighted by Gasteiger charge is 2.42. The van der Waals surface area contributed by atoms with E-state index in [1.807, 2.05) is 26.1 Å². The minimum absolute atomic E-state index is 0.137. The number of pyridine rings is 1. The molecule has 2 N–H and O–H groups in total. The number of aliphatic carboxylic acids is 1. The minimum Gasteiger partial charge on any atom is -0.481 e. The number of urea groups is 1. The number of carboxylic acids is 1. The van der Waals surface area contributed by atoms with E-state index in [1.165, 1.54) is 0 Å². The maximum atomic E-state index is 12.3. The molecule has 0 radical (unpaired) electrons. The molecule has 0 spiro atoms. The normalized spacial score (nSPS) is 22.4. The molecule has 2 amide bonds. The van der Waals surface area contributed by atoms with E-state index in [0.717, 1.165) is 17.5 Å². The number of likely N-dealkylation sites (tertiary alicyclic amines) is 1. The van der Waals surface area contributed by atoms with Crippen molar-refractivity contribution < 1.29 is 14.7 Å². The summed E-state index contributed by atoms with van der Waals surface area (Å²) in [6.07, 6.45) is 4.87. The number of hydrogen-bond donors (Lipinski definition) is 2. The lowest BCUT2D eigenvalue weighted by Crippen LogP contribution is -2.41. The second-order valence-corrected chi connectivity index (χ2v) is 6.14. The third-order valence-electron chi connectivity index (χ3n) is 4.41. The molecule has 0 aromatic carbocycles. The molecule has 0 bridgehead atoms. The van der Waals surface area contributed by atoms with Crippen molar-refractivity contribution in [3.8, 4) is 0 Å². The van der Waals surface area contributed by atoms with Crippen molar-refractivity contribution in [3.05, 3.63) is 29.6 Å². The number of aromatic nitrogens is 1. The number of hydrogen-bond acceptors (Lipinski definition) is 3. The molecule has 2 atom stereocenters. The summed E-state index contributed by atoms with van der Waals surface area (Å²) in [7, 11) is 0. The van der Waals surface area contributed by atoms with Gasteiger partial charge in [0.05, 0.1) is 11.5 Å². The highest BCUT2D eigenvalue weighted by Crippen LogP contribution is 2.30. The summed E-state index contributed by atoms with van der Waals surface area (Å²) in [5.74, 6) is -0.849. The van der Waals surface area contributed by atoms with Crippen molar-refractivity contribution in [2.45, 2.75) is 39.7 Å². The Morgan fingerprint density at radius 3 is 2.86 bits per heavy atom. The molecule has 0 aliphatic carbocycles. The maximum absolute atomic E-state index is 12.3. The van der Waals surface area contributed by atoms with Gasteiger partial charge in [-0.25, -0.2) is 4.79 Å². The number of nitrogens with zero attached hydrogens (tertiary/aromatic N) is 2. The molecule has 120 valence electrons. The van der Waals surface area contributed by atoms with Crippen LogP contribution in [0.3, 0.4) is 0 Å². The van der Waals surface area contributed by atoms with Crippen LogP contribution in [0.25, 0.3) is 0 Å². The molecule has 6 heteroatoms. The Morgan fingerprint density at radius 2 is 2.27 bits per heavy atom. The first kappa shape index (κ1) is 16.3. The maximum Gasteiger partial charge on any atom is 0.317 e. The Hall–Kier alpha value is -2.11. The number of rotatable bonds is 4. The van der Waals surface area contributed by atoms with Gasteiger partial charge < -0.3 is 15.3 Å². The quantitative estimate of drug-likeness (QED) is 0.893. The van der Waals surface area contributed by atoms with E-state index in [2.05, 4.69) is 10.3 Å². The molecule has 2 rings (SSSR count). The third kappa shape index (κ3) is 3.21. The van der Waals surface area contributed by atoms with E-state index in [9.17, 15) is 14.7 Å². The topological polar surface area (TPSA) is 82.5 Å². The van der Waals surface area contributed by atoms with E-state index < -0.39 is 11.4 Å². The van der Waals surface area contributed by atoms with Crippen LogP contribution < -0.4 is 5.32 Å². The number of carbonyl (C=O) groups is 2. The summed E-state index contributed by atoms with van der Waals surface area (Å²) in [6.45, 7) is 6.38. The zero-order valence-electron chi connectivity index (χ0n) is 13.3. The molecule has 1 aliphatic rings. The fraction of sp³-hybridized carbons (Fsp3) is 0.562.